The maximum absolute atomic E-state index is 12.3. The zero-order valence-corrected chi connectivity index (χ0v) is 16.5. The normalized spacial score (nSPS) is 15.7. The lowest BCUT2D eigenvalue weighted by Crippen LogP contribution is -2.38. The van der Waals surface area contributed by atoms with Crippen molar-refractivity contribution in [1.82, 2.24) is 9.80 Å². The first kappa shape index (κ1) is 20.5. The van der Waals surface area contributed by atoms with E-state index < -0.39 is 0 Å². The molecule has 0 aromatic heterocycles. The van der Waals surface area contributed by atoms with Gasteiger partial charge in [0.15, 0.2) is 0 Å². The number of ether oxygens (including phenoxy) is 1. The van der Waals surface area contributed by atoms with Crippen LogP contribution in [0.2, 0.25) is 5.02 Å². The Bertz CT molecular complexity index is 636. The molecule has 6 nitrogen and oxygen atoms in total. The van der Waals surface area contributed by atoms with Gasteiger partial charge in [0.25, 0.3) is 0 Å². The SMILES string of the molecule is Cc1c(Cl)cccc1NC(=O)CN1CCCN(C(=O)OCC(C)C)CC1. The molecule has 0 spiro atoms. The second-order valence-electron chi connectivity index (χ2n) is 7.05. The van der Waals surface area contributed by atoms with Crippen LogP contribution in [0.1, 0.15) is 25.8 Å². The number of nitrogens with one attached hydrogen (secondary N) is 1. The van der Waals surface area contributed by atoms with Crippen LogP contribution >= 0.6 is 11.6 Å². The number of anilines is 1. The molecule has 144 valence electrons. The third-order valence-corrected chi connectivity index (χ3v) is 4.71. The van der Waals surface area contributed by atoms with Crippen LogP contribution in [0.5, 0.6) is 0 Å². The van der Waals surface area contributed by atoms with Crippen LogP contribution in [0, 0.1) is 12.8 Å². The predicted molar refractivity (Wildman–Crippen MR) is 104 cm³/mol. The zero-order valence-electron chi connectivity index (χ0n) is 15.8. The lowest BCUT2D eigenvalue weighted by atomic mass is 10.2. The largest absolute Gasteiger partial charge is 0.449 e. The minimum atomic E-state index is -0.264. The Labute approximate surface area is 160 Å². The van der Waals surface area contributed by atoms with E-state index in [1.165, 1.54) is 0 Å². The second-order valence-corrected chi connectivity index (χ2v) is 7.46. The Kier molecular flexibility index (Phi) is 7.72. The Morgan fingerprint density at radius 2 is 2.00 bits per heavy atom. The molecule has 26 heavy (non-hydrogen) atoms. The molecular formula is C19H28ClN3O3. The van der Waals surface area contributed by atoms with Gasteiger partial charge in [-0.2, -0.15) is 0 Å². The molecular weight excluding hydrogens is 354 g/mol. The van der Waals surface area contributed by atoms with Crippen LogP contribution in [0.4, 0.5) is 10.5 Å². The van der Waals surface area contributed by atoms with Crippen molar-refractivity contribution in [2.75, 3.05) is 44.6 Å². The van der Waals surface area contributed by atoms with E-state index in [1.807, 2.05) is 32.9 Å². The van der Waals surface area contributed by atoms with Crippen molar-refractivity contribution in [3.8, 4) is 0 Å². The summed E-state index contributed by atoms with van der Waals surface area (Å²) < 4.78 is 5.29. The van der Waals surface area contributed by atoms with Crippen LogP contribution < -0.4 is 5.32 Å². The van der Waals surface area contributed by atoms with E-state index in [4.69, 9.17) is 16.3 Å². The highest BCUT2D eigenvalue weighted by molar-refractivity contribution is 6.31. The lowest BCUT2D eigenvalue weighted by molar-refractivity contribution is -0.117. The van der Waals surface area contributed by atoms with Crippen molar-refractivity contribution in [1.29, 1.82) is 0 Å². The molecule has 2 amide bonds. The van der Waals surface area contributed by atoms with Crippen LogP contribution in [0.3, 0.4) is 0 Å². The van der Waals surface area contributed by atoms with Gasteiger partial charge < -0.3 is 15.0 Å². The molecule has 1 aromatic carbocycles. The number of hydrogen-bond donors (Lipinski definition) is 1. The molecule has 1 saturated heterocycles. The predicted octanol–water partition coefficient (Wildman–Crippen LogP) is 3.39. The molecule has 0 aliphatic carbocycles. The summed E-state index contributed by atoms with van der Waals surface area (Å²) in [6.45, 7) is 9.28. The second kappa shape index (κ2) is 9.78. The van der Waals surface area contributed by atoms with Gasteiger partial charge in [0.2, 0.25) is 5.91 Å². The highest BCUT2D eigenvalue weighted by atomic mass is 35.5. The number of carbonyl (C=O) groups excluding carboxylic acids is 2. The number of benzene rings is 1. The summed E-state index contributed by atoms with van der Waals surface area (Å²) in [6.07, 6.45) is 0.555. The summed E-state index contributed by atoms with van der Waals surface area (Å²) in [6, 6.07) is 5.46. The Hall–Kier alpha value is -1.79. The molecule has 0 saturated carbocycles. The average molecular weight is 382 g/mol. The molecule has 1 fully saturated rings. The van der Waals surface area contributed by atoms with Crippen molar-refractivity contribution in [2.24, 2.45) is 5.92 Å². The highest BCUT2D eigenvalue weighted by Gasteiger charge is 2.21. The summed E-state index contributed by atoms with van der Waals surface area (Å²) in [7, 11) is 0. The standard InChI is InChI=1S/C19H28ClN3O3/c1-14(2)13-26-19(25)23-9-5-8-22(10-11-23)12-18(24)21-17-7-4-6-16(20)15(17)3/h4,6-7,14H,5,8-13H2,1-3H3,(H,21,24). The average Bonchev–Trinajstić information content (AvgIpc) is 2.82. The van der Waals surface area contributed by atoms with Gasteiger partial charge >= 0.3 is 6.09 Å². The van der Waals surface area contributed by atoms with Crippen LogP contribution in [0.25, 0.3) is 0 Å². The fraction of sp³-hybridized carbons (Fsp3) is 0.579. The first-order valence-corrected chi connectivity index (χ1v) is 9.43. The Morgan fingerprint density at radius 1 is 1.23 bits per heavy atom. The van der Waals surface area contributed by atoms with Gasteiger partial charge in [-0.25, -0.2) is 4.79 Å². The van der Waals surface area contributed by atoms with Gasteiger partial charge in [-0.15, -0.1) is 0 Å². The summed E-state index contributed by atoms with van der Waals surface area (Å²) in [5.41, 5.74) is 1.59. The summed E-state index contributed by atoms with van der Waals surface area (Å²) in [5.74, 6) is 0.243. The molecule has 1 aliphatic rings. The van der Waals surface area contributed by atoms with Crippen LogP contribution in [0.15, 0.2) is 18.2 Å². The number of carbonyl (C=O) groups is 2. The molecule has 7 heteroatoms. The maximum atomic E-state index is 12.3. The van der Waals surface area contributed by atoms with Crippen molar-refractivity contribution in [3.63, 3.8) is 0 Å². The fourth-order valence-electron chi connectivity index (χ4n) is 2.78. The van der Waals surface area contributed by atoms with Gasteiger partial charge in [-0.1, -0.05) is 31.5 Å². The third kappa shape index (κ3) is 6.18. The van der Waals surface area contributed by atoms with Crippen molar-refractivity contribution >= 4 is 29.3 Å². The van der Waals surface area contributed by atoms with E-state index in [0.29, 0.717) is 43.7 Å². The number of rotatable bonds is 5. The minimum Gasteiger partial charge on any atom is -0.449 e. The molecule has 0 radical (unpaired) electrons. The van der Waals surface area contributed by atoms with E-state index in [0.717, 1.165) is 24.2 Å². The number of hydrogen-bond acceptors (Lipinski definition) is 4. The molecule has 0 atom stereocenters. The molecule has 1 N–H and O–H groups in total. The maximum Gasteiger partial charge on any atom is 0.409 e. The molecule has 1 aromatic rings. The Morgan fingerprint density at radius 3 is 2.73 bits per heavy atom. The molecule has 1 heterocycles. The van der Waals surface area contributed by atoms with Crippen molar-refractivity contribution in [2.45, 2.75) is 27.2 Å². The van der Waals surface area contributed by atoms with Crippen molar-refractivity contribution in [3.05, 3.63) is 28.8 Å². The lowest BCUT2D eigenvalue weighted by Gasteiger charge is -2.22. The summed E-state index contributed by atoms with van der Waals surface area (Å²) >= 11 is 6.09. The van der Waals surface area contributed by atoms with E-state index in [-0.39, 0.29) is 12.0 Å². The van der Waals surface area contributed by atoms with E-state index in [1.54, 1.807) is 11.0 Å². The highest BCUT2D eigenvalue weighted by Crippen LogP contribution is 2.22. The van der Waals surface area contributed by atoms with E-state index in [9.17, 15) is 9.59 Å². The smallest absolute Gasteiger partial charge is 0.409 e. The summed E-state index contributed by atoms with van der Waals surface area (Å²) in [5, 5.41) is 3.55. The quantitative estimate of drug-likeness (QED) is 0.849. The van der Waals surface area contributed by atoms with Gasteiger partial charge in [-0.05, 0) is 37.0 Å². The Balaban J connectivity index is 1.82. The molecule has 1 aliphatic heterocycles. The first-order valence-electron chi connectivity index (χ1n) is 9.06. The number of halogens is 1. The minimum absolute atomic E-state index is 0.0776. The van der Waals surface area contributed by atoms with E-state index in [2.05, 4.69) is 10.2 Å². The molecule has 2 rings (SSSR count). The van der Waals surface area contributed by atoms with Crippen molar-refractivity contribution < 1.29 is 14.3 Å². The number of amides is 2. The van der Waals surface area contributed by atoms with Gasteiger partial charge in [0.1, 0.15) is 0 Å². The van der Waals surface area contributed by atoms with Gasteiger partial charge in [0, 0.05) is 36.9 Å². The van der Waals surface area contributed by atoms with Gasteiger partial charge in [0.05, 0.1) is 13.2 Å². The van der Waals surface area contributed by atoms with E-state index >= 15 is 0 Å². The monoisotopic (exact) mass is 381 g/mol. The number of nitrogens with zero attached hydrogens (tertiary/aromatic N) is 2. The van der Waals surface area contributed by atoms with Gasteiger partial charge in [-0.3, -0.25) is 9.69 Å². The summed E-state index contributed by atoms with van der Waals surface area (Å²) in [4.78, 5) is 28.2. The first-order chi connectivity index (χ1) is 12.4. The molecule has 0 unspecified atom stereocenters. The third-order valence-electron chi connectivity index (χ3n) is 4.30. The fourth-order valence-corrected chi connectivity index (χ4v) is 2.95. The molecule has 0 bridgehead atoms. The van der Waals surface area contributed by atoms with Crippen LogP contribution in [-0.4, -0.2) is 61.1 Å². The van der Waals surface area contributed by atoms with Crippen LogP contribution in [-0.2, 0) is 9.53 Å². The topological polar surface area (TPSA) is 61.9 Å². The zero-order chi connectivity index (χ0) is 19.1.